The topological polar surface area (TPSA) is 26.7 Å². The summed E-state index contributed by atoms with van der Waals surface area (Å²) in [5.41, 5.74) is 0.756. The lowest BCUT2D eigenvalue weighted by Gasteiger charge is -2.33. The standard InChI is InChI=1S/C17H19ClN2OS2/c1-19-6-8-20(9-7-19)17(22)23-11-14-15(18)10-12-4-2-3-5-13(12)16(14)21/h2-5,10,21H,6-9,11H2,1H3. The normalized spacial score (nSPS) is 16.0. The quantitative estimate of drug-likeness (QED) is 0.811. The van der Waals surface area contributed by atoms with E-state index < -0.39 is 0 Å². The molecule has 0 atom stereocenters. The third kappa shape index (κ3) is 3.74. The molecule has 1 N–H and O–H groups in total. The van der Waals surface area contributed by atoms with E-state index >= 15 is 0 Å². The number of rotatable bonds is 2. The molecule has 0 unspecified atom stereocenters. The molecule has 3 nitrogen and oxygen atoms in total. The Hall–Kier alpha value is -1.01. The molecule has 2 aromatic rings. The van der Waals surface area contributed by atoms with E-state index in [-0.39, 0.29) is 5.75 Å². The number of benzene rings is 2. The Kier molecular flexibility index (Phi) is 5.31. The lowest BCUT2D eigenvalue weighted by atomic mass is 10.1. The Labute approximate surface area is 151 Å². The second-order valence-electron chi connectivity index (χ2n) is 5.75. The molecule has 0 bridgehead atoms. The zero-order valence-electron chi connectivity index (χ0n) is 13.0. The third-order valence-electron chi connectivity index (χ3n) is 4.17. The van der Waals surface area contributed by atoms with Crippen molar-refractivity contribution < 1.29 is 5.11 Å². The van der Waals surface area contributed by atoms with Gasteiger partial charge in [-0.05, 0) is 18.5 Å². The molecular weight excluding hydrogens is 348 g/mol. The summed E-state index contributed by atoms with van der Waals surface area (Å²) >= 11 is 13.5. The second kappa shape index (κ2) is 7.26. The van der Waals surface area contributed by atoms with Crippen molar-refractivity contribution in [1.82, 2.24) is 9.80 Å². The van der Waals surface area contributed by atoms with Crippen molar-refractivity contribution in [2.45, 2.75) is 5.75 Å². The predicted molar refractivity (Wildman–Crippen MR) is 104 cm³/mol. The van der Waals surface area contributed by atoms with Crippen LogP contribution < -0.4 is 0 Å². The molecular formula is C17H19ClN2OS2. The molecule has 122 valence electrons. The van der Waals surface area contributed by atoms with Crippen LogP contribution in [0.5, 0.6) is 5.75 Å². The number of thioether (sulfide) groups is 1. The van der Waals surface area contributed by atoms with Crippen LogP contribution in [0.25, 0.3) is 10.8 Å². The molecule has 0 aromatic heterocycles. The molecule has 0 amide bonds. The zero-order valence-corrected chi connectivity index (χ0v) is 15.3. The first kappa shape index (κ1) is 16.8. The maximum Gasteiger partial charge on any atom is 0.136 e. The van der Waals surface area contributed by atoms with Crippen LogP contribution >= 0.6 is 35.6 Å². The van der Waals surface area contributed by atoms with Crippen molar-refractivity contribution in [3.63, 3.8) is 0 Å². The second-order valence-corrected chi connectivity index (χ2v) is 7.77. The smallest absolute Gasteiger partial charge is 0.136 e. The zero-order chi connectivity index (χ0) is 16.4. The largest absolute Gasteiger partial charge is 0.507 e. The maximum atomic E-state index is 10.5. The van der Waals surface area contributed by atoms with Gasteiger partial charge in [-0.3, -0.25) is 0 Å². The van der Waals surface area contributed by atoms with Crippen LogP contribution in [-0.4, -0.2) is 52.5 Å². The van der Waals surface area contributed by atoms with Crippen LogP contribution in [0.2, 0.25) is 5.02 Å². The molecule has 23 heavy (non-hydrogen) atoms. The minimum atomic E-state index is 0.266. The highest BCUT2D eigenvalue weighted by atomic mass is 35.5. The monoisotopic (exact) mass is 366 g/mol. The van der Waals surface area contributed by atoms with Gasteiger partial charge in [-0.2, -0.15) is 0 Å². The van der Waals surface area contributed by atoms with Crippen molar-refractivity contribution in [3.8, 4) is 5.75 Å². The molecule has 3 rings (SSSR count). The van der Waals surface area contributed by atoms with Crippen LogP contribution in [0.4, 0.5) is 0 Å². The number of aromatic hydroxyl groups is 1. The highest BCUT2D eigenvalue weighted by molar-refractivity contribution is 8.22. The number of halogens is 1. The van der Waals surface area contributed by atoms with Crippen molar-refractivity contribution in [3.05, 3.63) is 40.9 Å². The van der Waals surface area contributed by atoms with Crippen LogP contribution in [0, 0.1) is 0 Å². The Morgan fingerprint density at radius 2 is 1.96 bits per heavy atom. The summed E-state index contributed by atoms with van der Waals surface area (Å²) < 4.78 is 0.877. The third-order valence-corrected chi connectivity index (χ3v) is 6.06. The molecule has 1 aliphatic heterocycles. The Morgan fingerprint density at radius 1 is 1.26 bits per heavy atom. The van der Waals surface area contributed by atoms with Crippen molar-refractivity contribution in [1.29, 1.82) is 0 Å². The Bertz CT molecular complexity index is 730. The molecule has 1 fully saturated rings. The first-order chi connectivity index (χ1) is 11.1. The number of likely N-dealkylation sites (N-methyl/N-ethyl adjacent to an activating group) is 1. The van der Waals surface area contributed by atoms with Gasteiger partial charge in [0.05, 0.1) is 0 Å². The summed E-state index contributed by atoms with van der Waals surface area (Å²) in [6, 6.07) is 9.63. The van der Waals surface area contributed by atoms with Crippen molar-refractivity contribution in [2.75, 3.05) is 33.2 Å². The van der Waals surface area contributed by atoms with Gasteiger partial charge in [0.1, 0.15) is 10.1 Å². The van der Waals surface area contributed by atoms with Crippen LogP contribution in [0.1, 0.15) is 5.56 Å². The van der Waals surface area contributed by atoms with Gasteiger partial charge in [0, 0.05) is 47.9 Å². The number of thiocarbonyl (C=S) groups is 1. The summed E-state index contributed by atoms with van der Waals surface area (Å²) in [7, 11) is 2.13. The molecule has 2 aromatic carbocycles. The van der Waals surface area contributed by atoms with Crippen molar-refractivity contribution in [2.24, 2.45) is 0 Å². The van der Waals surface area contributed by atoms with E-state index in [4.69, 9.17) is 23.8 Å². The van der Waals surface area contributed by atoms with E-state index in [1.54, 1.807) is 11.8 Å². The SMILES string of the molecule is CN1CCN(C(=S)SCc2c(Cl)cc3ccccc3c2O)CC1. The molecule has 0 radical (unpaired) electrons. The fraction of sp³-hybridized carbons (Fsp3) is 0.353. The van der Waals surface area contributed by atoms with E-state index in [1.165, 1.54) is 0 Å². The van der Waals surface area contributed by atoms with E-state index in [0.29, 0.717) is 10.8 Å². The summed E-state index contributed by atoms with van der Waals surface area (Å²) in [5, 5.41) is 12.9. The van der Waals surface area contributed by atoms with Gasteiger partial charge in [-0.1, -0.05) is 59.8 Å². The lowest BCUT2D eigenvalue weighted by Crippen LogP contribution is -2.45. The first-order valence-electron chi connectivity index (χ1n) is 7.55. The minimum Gasteiger partial charge on any atom is -0.507 e. The number of piperazine rings is 1. The number of hydrogen-bond acceptors (Lipinski definition) is 4. The Balaban J connectivity index is 1.73. The summed E-state index contributed by atoms with van der Waals surface area (Å²) in [6.07, 6.45) is 0. The van der Waals surface area contributed by atoms with E-state index in [2.05, 4.69) is 16.8 Å². The van der Waals surface area contributed by atoms with E-state index in [1.807, 2.05) is 30.3 Å². The highest BCUT2D eigenvalue weighted by Crippen LogP contribution is 2.37. The van der Waals surface area contributed by atoms with Gasteiger partial charge >= 0.3 is 0 Å². The molecule has 0 aliphatic carbocycles. The number of hydrogen-bond donors (Lipinski definition) is 1. The summed E-state index contributed by atoms with van der Waals surface area (Å²) in [6.45, 7) is 3.98. The fourth-order valence-corrected chi connectivity index (χ4v) is 4.33. The van der Waals surface area contributed by atoms with E-state index in [0.717, 1.165) is 46.8 Å². The average molecular weight is 367 g/mol. The molecule has 6 heteroatoms. The molecule has 1 heterocycles. The number of phenols is 1. The van der Waals surface area contributed by atoms with Gasteiger partial charge in [0.25, 0.3) is 0 Å². The van der Waals surface area contributed by atoms with Crippen molar-refractivity contribution >= 4 is 50.7 Å². The minimum absolute atomic E-state index is 0.266. The average Bonchev–Trinajstić information content (AvgIpc) is 2.55. The molecule has 0 saturated carbocycles. The number of phenolic OH excluding ortho intramolecular Hbond substituents is 1. The first-order valence-corrected chi connectivity index (χ1v) is 9.33. The fourth-order valence-electron chi connectivity index (χ4n) is 2.69. The van der Waals surface area contributed by atoms with Gasteiger partial charge in [0.2, 0.25) is 0 Å². The molecule has 1 saturated heterocycles. The van der Waals surface area contributed by atoms with Gasteiger partial charge in [-0.25, -0.2) is 0 Å². The van der Waals surface area contributed by atoms with Crippen LogP contribution in [0.3, 0.4) is 0 Å². The van der Waals surface area contributed by atoms with Gasteiger partial charge in [-0.15, -0.1) is 0 Å². The maximum absolute atomic E-state index is 10.5. The summed E-state index contributed by atoms with van der Waals surface area (Å²) in [4.78, 5) is 4.53. The molecule has 1 aliphatic rings. The highest BCUT2D eigenvalue weighted by Gasteiger charge is 2.18. The lowest BCUT2D eigenvalue weighted by molar-refractivity contribution is 0.220. The molecule has 0 spiro atoms. The number of fused-ring (bicyclic) bond motifs is 1. The van der Waals surface area contributed by atoms with E-state index in [9.17, 15) is 5.11 Å². The predicted octanol–water partition coefficient (Wildman–Crippen LogP) is 3.96. The van der Waals surface area contributed by atoms with Crippen LogP contribution in [-0.2, 0) is 5.75 Å². The Morgan fingerprint density at radius 3 is 2.70 bits per heavy atom. The summed E-state index contributed by atoms with van der Waals surface area (Å²) in [5.74, 6) is 0.850. The number of nitrogens with zero attached hydrogens (tertiary/aromatic N) is 2. The van der Waals surface area contributed by atoms with Gasteiger partial charge < -0.3 is 14.9 Å². The van der Waals surface area contributed by atoms with Gasteiger partial charge in [0.15, 0.2) is 0 Å². The van der Waals surface area contributed by atoms with Crippen LogP contribution in [0.15, 0.2) is 30.3 Å².